The van der Waals surface area contributed by atoms with Gasteiger partial charge in [-0.05, 0) is 108 Å². The van der Waals surface area contributed by atoms with Gasteiger partial charge in [-0.15, -0.1) is 0 Å². The molecule has 0 saturated heterocycles. The summed E-state index contributed by atoms with van der Waals surface area (Å²) in [7, 11) is 0. The first-order valence-electron chi connectivity index (χ1n) is 19.6. The lowest BCUT2D eigenvalue weighted by molar-refractivity contribution is 1.04. The van der Waals surface area contributed by atoms with Crippen LogP contribution in [0.25, 0.3) is 89.9 Å². The van der Waals surface area contributed by atoms with Crippen LogP contribution in [-0.4, -0.2) is 29.1 Å². The molecule has 4 aromatic heterocycles. The first-order valence-corrected chi connectivity index (χ1v) is 19.6. The number of rotatable bonds is 7. The maximum atomic E-state index is 5.05. The fourth-order valence-corrected chi connectivity index (χ4v) is 8.29. The third-order valence-electron chi connectivity index (χ3n) is 11.2. The number of benzene rings is 6. The van der Waals surface area contributed by atoms with Crippen molar-refractivity contribution in [3.63, 3.8) is 0 Å². The van der Waals surface area contributed by atoms with Gasteiger partial charge in [0.05, 0.1) is 11.4 Å². The number of hydrogen-bond donors (Lipinski definition) is 0. The molecular weight excluding hydrogens is 709 g/mol. The SMILES string of the molecule is Cc1cccc(C)c1-n1c(-c2ccc(-c3ccc(-c4ccc(-c5ccc(-c6nc7cccnc7n6-c6c(C)cccc6C)cc5)cc4)cc3)cc2)nc2cccnc21. The molecule has 0 unspecified atom stereocenters. The van der Waals surface area contributed by atoms with Crippen molar-refractivity contribution >= 4 is 22.3 Å². The Morgan fingerprint density at radius 1 is 0.310 bits per heavy atom. The van der Waals surface area contributed by atoms with Gasteiger partial charge in [-0.25, -0.2) is 19.9 Å². The van der Waals surface area contributed by atoms with Crippen molar-refractivity contribution in [3.8, 4) is 67.5 Å². The molecule has 0 N–H and O–H groups in total. The van der Waals surface area contributed by atoms with Gasteiger partial charge in [0, 0.05) is 23.5 Å². The molecule has 0 radical (unpaired) electrons. The third kappa shape index (κ3) is 6.07. The Balaban J connectivity index is 0.890. The van der Waals surface area contributed by atoms with E-state index >= 15 is 0 Å². The van der Waals surface area contributed by atoms with Crippen molar-refractivity contribution in [2.75, 3.05) is 0 Å². The van der Waals surface area contributed by atoms with Crippen LogP contribution in [-0.2, 0) is 0 Å². The molecule has 10 aromatic rings. The molecule has 0 saturated carbocycles. The van der Waals surface area contributed by atoms with E-state index in [1.54, 1.807) is 0 Å². The first-order chi connectivity index (χ1) is 28.4. The van der Waals surface area contributed by atoms with Crippen molar-refractivity contribution in [1.82, 2.24) is 29.1 Å². The summed E-state index contributed by atoms with van der Waals surface area (Å²) in [4.78, 5) is 19.6. The minimum Gasteiger partial charge on any atom is -0.276 e. The lowest BCUT2D eigenvalue weighted by atomic mass is 9.97. The van der Waals surface area contributed by atoms with Gasteiger partial charge >= 0.3 is 0 Å². The fraction of sp³-hybridized carbons (Fsp3) is 0.0769. The summed E-state index contributed by atoms with van der Waals surface area (Å²) >= 11 is 0. The fourth-order valence-electron chi connectivity index (χ4n) is 8.29. The number of fused-ring (bicyclic) bond motifs is 2. The van der Waals surface area contributed by atoms with Crippen molar-refractivity contribution in [2.45, 2.75) is 27.7 Å². The molecule has 0 aliphatic heterocycles. The average Bonchev–Trinajstić information content (AvgIpc) is 3.83. The molecular formula is C52H40N6. The minimum atomic E-state index is 0.862. The van der Waals surface area contributed by atoms with Gasteiger partial charge in [0.15, 0.2) is 11.3 Å². The largest absolute Gasteiger partial charge is 0.276 e. The number of para-hydroxylation sites is 2. The Hall–Kier alpha value is -7.44. The van der Waals surface area contributed by atoms with Gasteiger partial charge in [0.1, 0.15) is 22.7 Å². The molecule has 0 aliphatic rings. The van der Waals surface area contributed by atoms with Crippen LogP contribution >= 0.6 is 0 Å². The zero-order valence-corrected chi connectivity index (χ0v) is 32.8. The highest BCUT2D eigenvalue weighted by Gasteiger charge is 2.20. The number of imidazole rings is 2. The van der Waals surface area contributed by atoms with Gasteiger partial charge in [-0.1, -0.05) is 133 Å². The lowest BCUT2D eigenvalue weighted by Gasteiger charge is -2.15. The molecule has 0 amide bonds. The normalized spacial score (nSPS) is 11.4. The van der Waals surface area contributed by atoms with Gasteiger partial charge in [-0.2, -0.15) is 0 Å². The summed E-state index contributed by atoms with van der Waals surface area (Å²) in [6.45, 7) is 8.58. The maximum Gasteiger partial charge on any atom is 0.164 e. The molecule has 0 aliphatic carbocycles. The van der Waals surface area contributed by atoms with Gasteiger partial charge < -0.3 is 0 Å². The molecule has 4 heterocycles. The summed E-state index contributed by atoms with van der Waals surface area (Å²) in [6.07, 6.45) is 3.67. The predicted octanol–water partition coefficient (Wildman–Crippen LogP) is 12.7. The first kappa shape index (κ1) is 35.0. The molecule has 6 heteroatoms. The summed E-state index contributed by atoms with van der Waals surface area (Å²) < 4.78 is 4.40. The standard InChI is InChI=1S/C52H40N6/c1-33-9-5-10-34(2)47(33)57-49(55-45-13-7-31-53-51(45)57)43-27-23-41(24-28-43)39-19-15-37(16-20-39)38-17-21-40(22-18-38)42-25-29-44(30-26-42)50-56-46-14-8-32-54-52(46)58(50)48-35(3)11-6-12-36(48)4/h5-32H,1-4H3. The van der Waals surface area contributed by atoms with Crippen molar-refractivity contribution < 1.29 is 0 Å². The van der Waals surface area contributed by atoms with Crippen LogP contribution in [0.5, 0.6) is 0 Å². The molecule has 0 fully saturated rings. The second kappa shape index (κ2) is 14.3. The highest BCUT2D eigenvalue weighted by molar-refractivity contribution is 5.83. The quantitative estimate of drug-likeness (QED) is 0.163. The minimum absolute atomic E-state index is 0.862. The Bertz CT molecular complexity index is 2860. The molecule has 58 heavy (non-hydrogen) atoms. The van der Waals surface area contributed by atoms with Crippen molar-refractivity contribution in [3.05, 3.63) is 192 Å². The summed E-state index contributed by atoms with van der Waals surface area (Å²) in [5.74, 6) is 1.78. The number of pyridine rings is 2. The Morgan fingerprint density at radius 3 is 0.879 bits per heavy atom. The number of aromatic nitrogens is 6. The van der Waals surface area contributed by atoms with E-state index in [1.165, 1.54) is 44.5 Å². The van der Waals surface area contributed by atoms with E-state index in [2.05, 4.69) is 170 Å². The molecule has 0 bridgehead atoms. The Morgan fingerprint density at radius 2 is 0.586 bits per heavy atom. The lowest BCUT2D eigenvalue weighted by Crippen LogP contribution is -2.03. The summed E-state index contributed by atoms with van der Waals surface area (Å²) in [5.41, 5.74) is 19.6. The number of aryl methyl sites for hydroxylation is 4. The van der Waals surface area contributed by atoms with Crippen molar-refractivity contribution in [2.24, 2.45) is 0 Å². The molecule has 6 nitrogen and oxygen atoms in total. The molecule has 0 spiro atoms. The Labute approximate surface area is 337 Å². The zero-order valence-electron chi connectivity index (χ0n) is 32.8. The molecule has 0 atom stereocenters. The van der Waals surface area contributed by atoms with E-state index in [-0.39, 0.29) is 0 Å². The molecule has 6 aromatic carbocycles. The van der Waals surface area contributed by atoms with Crippen LogP contribution in [0.2, 0.25) is 0 Å². The van der Waals surface area contributed by atoms with Crippen LogP contribution in [0.3, 0.4) is 0 Å². The predicted molar refractivity (Wildman–Crippen MR) is 237 cm³/mol. The average molecular weight is 749 g/mol. The van der Waals surface area contributed by atoms with Gasteiger partial charge in [0.25, 0.3) is 0 Å². The monoisotopic (exact) mass is 748 g/mol. The second-order valence-electron chi connectivity index (χ2n) is 15.0. The molecule has 10 rings (SSSR count). The van der Waals surface area contributed by atoms with E-state index in [4.69, 9.17) is 19.9 Å². The van der Waals surface area contributed by atoms with E-state index in [9.17, 15) is 0 Å². The van der Waals surface area contributed by atoms with Crippen LogP contribution in [0.1, 0.15) is 22.3 Å². The van der Waals surface area contributed by atoms with Gasteiger partial charge in [-0.3, -0.25) is 9.13 Å². The summed E-state index contributed by atoms with van der Waals surface area (Å²) in [6, 6.07) is 55.7. The van der Waals surface area contributed by atoms with E-state index < -0.39 is 0 Å². The van der Waals surface area contributed by atoms with Crippen LogP contribution < -0.4 is 0 Å². The number of nitrogens with zero attached hydrogens (tertiary/aromatic N) is 6. The second-order valence-corrected chi connectivity index (χ2v) is 15.0. The van der Waals surface area contributed by atoms with E-state index in [0.717, 1.165) is 67.6 Å². The van der Waals surface area contributed by atoms with Crippen LogP contribution in [0, 0.1) is 27.7 Å². The van der Waals surface area contributed by atoms with Crippen molar-refractivity contribution in [1.29, 1.82) is 0 Å². The maximum absolute atomic E-state index is 5.05. The highest BCUT2D eigenvalue weighted by Crippen LogP contribution is 2.35. The van der Waals surface area contributed by atoms with E-state index in [1.807, 2.05) is 36.7 Å². The number of hydrogen-bond acceptors (Lipinski definition) is 4. The smallest absolute Gasteiger partial charge is 0.164 e. The van der Waals surface area contributed by atoms with E-state index in [0.29, 0.717) is 0 Å². The zero-order chi connectivity index (χ0) is 39.3. The third-order valence-corrected chi connectivity index (χ3v) is 11.2. The topological polar surface area (TPSA) is 61.4 Å². The van der Waals surface area contributed by atoms with Crippen LogP contribution in [0.4, 0.5) is 0 Å². The Kier molecular flexibility index (Phi) is 8.60. The van der Waals surface area contributed by atoms with Crippen LogP contribution in [0.15, 0.2) is 170 Å². The highest BCUT2D eigenvalue weighted by atomic mass is 15.1. The van der Waals surface area contributed by atoms with Gasteiger partial charge in [0.2, 0.25) is 0 Å². The summed E-state index contributed by atoms with van der Waals surface area (Å²) in [5, 5.41) is 0. The molecule has 278 valence electrons.